The lowest BCUT2D eigenvalue weighted by molar-refractivity contribution is 0.214. The van der Waals surface area contributed by atoms with Crippen molar-refractivity contribution in [1.82, 2.24) is 9.88 Å². The minimum atomic E-state index is 0.267. The molecule has 6 heteroatoms. The maximum Gasteiger partial charge on any atom is 0.153 e. The average Bonchev–Trinajstić information content (AvgIpc) is 3.15. The lowest BCUT2D eigenvalue weighted by Crippen LogP contribution is -2.39. The zero-order valence-electron chi connectivity index (χ0n) is 11.9. The molecule has 1 aliphatic carbocycles. The van der Waals surface area contributed by atoms with E-state index in [2.05, 4.69) is 16.1 Å². The Hall–Kier alpha value is -1.66. The zero-order chi connectivity index (χ0) is 14.7. The van der Waals surface area contributed by atoms with E-state index < -0.39 is 0 Å². The van der Waals surface area contributed by atoms with Gasteiger partial charge < -0.3 is 10.9 Å². The molecular formula is C15H20N4OS. The molecule has 112 valence electrons. The maximum atomic E-state index is 8.83. The summed E-state index contributed by atoms with van der Waals surface area (Å²) in [6.45, 7) is 1.26. The van der Waals surface area contributed by atoms with Gasteiger partial charge in [-0.3, -0.25) is 4.90 Å². The van der Waals surface area contributed by atoms with Gasteiger partial charge in [-0.2, -0.15) is 0 Å². The van der Waals surface area contributed by atoms with Gasteiger partial charge in [0.1, 0.15) is 5.01 Å². The van der Waals surface area contributed by atoms with E-state index >= 15 is 0 Å². The minimum Gasteiger partial charge on any atom is -0.409 e. The van der Waals surface area contributed by atoms with E-state index in [0.29, 0.717) is 12.6 Å². The topological polar surface area (TPSA) is 74.7 Å². The predicted octanol–water partition coefficient (Wildman–Crippen LogP) is 2.79. The van der Waals surface area contributed by atoms with Gasteiger partial charge in [0.05, 0.1) is 23.3 Å². The van der Waals surface area contributed by atoms with Crippen molar-refractivity contribution < 1.29 is 5.21 Å². The fourth-order valence-corrected chi connectivity index (χ4v) is 3.98. The van der Waals surface area contributed by atoms with Crippen LogP contribution < -0.4 is 5.73 Å². The summed E-state index contributed by atoms with van der Waals surface area (Å²) in [7, 11) is 0. The smallest absolute Gasteiger partial charge is 0.153 e. The number of hydrogen-bond donors (Lipinski definition) is 2. The molecule has 21 heavy (non-hydrogen) atoms. The number of nitrogens with zero attached hydrogens (tertiary/aromatic N) is 3. The highest BCUT2D eigenvalue weighted by Crippen LogP contribution is 2.27. The van der Waals surface area contributed by atoms with E-state index in [1.54, 1.807) is 11.3 Å². The number of para-hydroxylation sites is 1. The first-order chi connectivity index (χ1) is 10.3. The molecule has 1 aromatic heterocycles. The molecule has 0 aliphatic heterocycles. The second-order valence-corrected chi connectivity index (χ2v) is 6.63. The van der Waals surface area contributed by atoms with Gasteiger partial charge in [-0.1, -0.05) is 30.1 Å². The summed E-state index contributed by atoms with van der Waals surface area (Å²) in [6, 6.07) is 8.70. The van der Waals surface area contributed by atoms with Crippen molar-refractivity contribution in [3.63, 3.8) is 0 Å². The lowest BCUT2D eigenvalue weighted by Gasteiger charge is -2.27. The molecular weight excluding hydrogens is 284 g/mol. The first kappa shape index (κ1) is 14.3. The van der Waals surface area contributed by atoms with Gasteiger partial charge in [-0.15, -0.1) is 11.3 Å². The molecule has 1 fully saturated rings. The van der Waals surface area contributed by atoms with Gasteiger partial charge in [0.15, 0.2) is 5.84 Å². The van der Waals surface area contributed by atoms with Crippen molar-refractivity contribution in [3.05, 3.63) is 29.3 Å². The Balaban J connectivity index is 1.79. The van der Waals surface area contributed by atoms with Crippen LogP contribution in [0, 0.1) is 0 Å². The fourth-order valence-electron chi connectivity index (χ4n) is 2.98. The Morgan fingerprint density at radius 1 is 1.38 bits per heavy atom. The molecule has 0 spiro atoms. The van der Waals surface area contributed by atoms with Gasteiger partial charge >= 0.3 is 0 Å². The van der Waals surface area contributed by atoms with E-state index in [4.69, 9.17) is 15.9 Å². The number of aromatic nitrogens is 1. The van der Waals surface area contributed by atoms with Crippen LogP contribution >= 0.6 is 11.3 Å². The maximum absolute atomic E-state index is 8.83. The first-order valence-corrected chi connectivity index (χ1v) is 8.13. The number of fused-ring (bicyclic) bond motifs is 1. The second kappa shape index (κ2) is 6.41. The molecule has 0 saturated heterocycles. The summed E-state index contributed by atoms with van der Waals surface area (Å²) in [5.74, 6) is 0.267. The van der Waals surface area contributed by atoms with Crippen molar-refractivity contribution in [1.29, 1.82) is 0 Å². The predicted molar refractivity (Wildman–Crippen MR) is 85.7 cm³/mol. The van der Waals surface area contributed by atoms with Crippen LogP contribution in [0.2, 0.25) is 0 Å². The van der Waals surface area contributed by atoms with Gasteiger partial charge in [-0.05, 0) is 25.0 Å². The van der Waals surface area contributed by atoms with Crippen LogP contribution in [0.1, 0.15) is 30.7 Å². The molecule has 3 N–H and O–H groups in total. The molecule has 3 rings (SSSR count). The summed E-state index contributed by atoms with van der Waals surface area (Å²) in [5, 5.41) is 13.0. The second-order valence-electron chi connectivity index (χ2n) is 5.51. The number of amidine groups is 1. The number of hydrogen-bond acceptors (Lipinski definition) is 5. The molecule has 1 aromatic carbocycles. The SMILES string of the molecule is N/C(CN(Cc1nc2ccccc2s1)C1CCCC1)=N/O. The molecule has 0 amide bonds. The van der Waals surface area contributed by atoms with E-state index in [1.807, 2.05) is 18.2 Å². The van der Waals surface area contributed by atoms with E-state index in [-0.39, 0.29) is 5.84 Å². The summed E-state index contributed by atoms with van der Waals surface area (Å²) in [6.07, 6.45) is 4.89. The van der Waals surface area contributed by atoms with E-state index in [0.717, 1.165) is 17.1 Å². The zero-order valence-corrected chi connectivity index (χ0v) is 12.7. The third-order valence-electron chi connectivity index (χ3n) is 4.01. The molecule has 5 nitrogen and oxygen atoms in total. The van der Waals surface area contributed by atoms with E-state index in [9.17, 15) is 0 Å². The van der Waals surface area contributed by atoms with Crippen molar-refractivity contribution >= 4 is 27.4 Å². The van der Waals surface area contributed by atoms with Crippen molar-refractivity contribution in [2.45, 2.75) is 38.3 Å². The molecule has 0 radical (unpaired) electrons. The Kier molecular flexibility index (Phi) is 4.36. The highest BCUT2D eigenvalue weighted by atomic mass is 32.1. The van der Waals surface area contributed by atoms with Crippen LogP contribution in [0.4, 0.5) is 0 Å². The van der Waals surface area contributed by atoms with Gasteiger partial charge in [0, 0.05) is 6.04 Å². The normalized spacial score (nSPS) is 17.1. The molecule has 1 heterocycles. The molecule has 2 aromatic rings. The summed E-state index contributed by atoms with van der Waals surface area (Å²) >= 11 is 1.72. The quantitative estimate of drug-likeness (QED) is 0.385. The van der Waals surface area contributed by atoms with Crippen LogP contribution in [0.15, 0.2) is 29.4 Å². The van der Waals surface area contributed by atoms with E-state index in [1.165, 1.54) is 30.4 Å². The average molecular weight is 304 g/mol. The molecule has 0 atom stereocenters. The largest absolute Gasteiger partial charge is 0.409 e. The van der Waals surface area contributed by atoms with Crippen molar-refractivity contribution in [2.24, 2.45) is 10.9 Å². The van der Waals surface area contributed by atoms with Gasteiger partial charge in [0.2, 0.25) is 0 Å². The van der Waals surface area contributed by atoms with Crippen LogP contribution in [0.25, 0.3) is 10.2 Å². The summed E-state index contributed by atoms with van der Waals surface area (Å²) in [5.41, 5.74) is 6.76. The number of rotatable bonds is 5. The third-order valence-corrected chi connectivity index (χ3v) is 5.03. The minimum absolute atomic E-state index is 0.267. The first-order valence-electron chi connectivity index (χ1n) is 7.31. The monoisotopic (exact) mass is 304 g/mol. The van der Waals surface area contributed by atoms with Crippen LogP contribution in [-0.2, 0) is 6.54 Å². The number of thiazole rings is 1. The Bertz CT molecular complexity index is 600. The molecule has 1 aliphatic rings. The number of oxime groups is 1. The summed E-state index contributed by atoms with van der Waals surface area (Å²) in [4.78, 5) is 6.98. The lowest BCUT2D eigenvalue weighted by atomic mass is 10.2. The van der Waals surface area contributed by atoms with Crippen LogP contribution in [0.3, 0.4) is 0 Å². The highest BCUT2D eigenvalue weighted by molar-refractivity contribution is 7.18. The van der Waals surface area contributed by atoms with Crippen molar-refractivity contribution in [3.8, 4) is 0 Å². The van der Waals surface area contributed by atoms with Gasteiger partial charge in [-0.25, -0.2) is 4.98 Å². The molecule has 0 unspecified atom stereocenters. The van der Waals surface area contributed by atoms with Crippen LogP contribution in [-0.4, -0.2) is 33.5 Å². The molecule has 1 saturated carbocycles. The molecule has 0 bridgehead atoms. The van der Waals surface area contributed by atoms with Crippen LogP contribution in [0.5, 0.6) is 0 Å². The van der Waals surface area contributed by atoms with Crippen molar-refractivity contribution in [2.75, 3.05) is 6.54 Å². The third kappa shape index (κ3) is 3.33. The summed E-state index contributed by atoms with van der Waals surface area (Å²) < 4.78 is 1.21. The Morgan fingerprint density at radius 3 is 2.86 bits per heavy atom. The fraction of sp³-hybridized carbons (Fsp3) is 0.467. The number of benzene rings is 1. The Morgan fingerprint density at radius 2 is 2.14 bits per heavy atom. The Labute approximate surface area is 128 Å². The number of nitrogens with two attached hydrogens (primary N) is 1. The van der Waals surface area contributed by atoms with Gasteiger partial charge in [0.25, 0.3) is 0 Å². The standard InChI is InChI=1S/C15H20N4OS/c16-14(18-20)9-19(11-5-1-2-6-11)10-15-17-12-7-3-4-8-13(12)21-15/h3-4,7-8,11,20H,1-2,5-6,9-10H2,(H2,16,18). The highest BCUT2D eigenvalue weighted by Gasteiger charge is 2.24.